The zero-order chi connectivity index (χ0) is 12.7. The molecule has 3 rings (SSSR count). The molecule has 18 heavy (non-hydrogen) atoms. The van der Waals surface area contributed by atoms with Gasteiger partial charge >= 0.3 is 5.97 Å². The molecule has 92 valence electrons. The summed E-state index contributed by atoms with van der Waals surface area (Å²) in [5.41, 5.74) is 7.13. The summed E-state index contributed by atoms with van der Waals surface area (Å²) in [6, 6.07) is 7.84. The number of rotatable bonds is 2. The Morgan fingerprint density at radius 3 is 3.06 bits per heavy atom. The fraction of sp³-hybridized carbons (Fsp3) is 0.167. The van der Waals surface area contributed by atoms with E-state index in [1.165, 1.54) is 11.3 Å². The summed E-state index contributed by atoms with van der Waals surface area (Å²) < 4.78 is 7.80. The lowest BCUT2D eigenvalue weighted by atomic mass is 10.3. The van der Waals surface area contributed by atoms with Crippen molar-refractivity contribution in [3.05, 3.63) is 30.0 Å². The molecular weight excluding hydrogens is 250 g/mol. The van der Waals surface area contributed by atoms with Crippen molar-refractivity contribution in [2.75, 3.05) is 12.3 Å². The Balaban J connectivity index is 2.26. The van der Waals surface area contributed by atoms with Gasteiger partial charge in [0.25, 0.3) is 0 Å². The van der Waals surface area contributed by atoms with Crippen LogP contribution in [0.25, 0.3) is 15.2 Å². The fourth-order valence-electron chi connectivity index (χ4n) is 1.89. The summed E-state index contributed by atoms with van der Waals surface area (Å²) in [7, 11) is 0. The van der Waals surface area contributed by atoms with Gasteiger partial charge in [-0.15, -0.1) is 0 Å². The number of fused-ring (bicyclic) bond motifs is 3. The van der Waals surface area contributed by atoms with Crippen molar-refractivity contribution < 1.29 is 9.53 Å². The lowest BCUT2D eigenvalue weighted by Gasteiger charge is -1.99. The summed E-state index contributed by atoms with van der Waals surface area (Å²) in [5, 5.41) is 0. The first-order valence-electron chi connectivity index (χ1n) is 5.55. The molecule has 0 aliphatic carbocycles. The number of benzene rings is 1. The largest absolute Gasteiger partial charge is 0.461 e. The van der Waals surface area contributed by atoms with Crippen LogP contribution in [0.2, 0.25) is 0 Å². The monoisotopic (exact) mass is 261 g/mol. The number of carbonyl (C=O) groups excluding carboxylic acids is 1. The third kappa shape index (κ3) is 1.46. The maximum Gasteiger partial charge on any atom is 0.360 e. The van der Waals surface area contributed by atoms with Crippen molar-refractivity contribution in [1.82, 2.24) is 9.38 Å². The Labute approximate surface area is 107 Å². The lowest BCUT2D eigenvalue weighted by Crippen LogP contribution is -2.08. The van der Waals surface area contributed by atoms with E-state index in [0.29, 0.717) is 17.4 Å². The second kappa shape index (κ2) is 3.99. The van der Waals surface area contributed by atoms with Crippen LogP contribution in [-0.4, -0.2) is 22.0 Å². The number of imidazole rings is 1. The Hall–Kier alpha value is -2.08. The molecule has 0 fully saturated rings. The number of nitrogens with two attached hydrogens (primary N) is 1. The molecule has 2 heterocycles. The van der Waals surface area contributed by atoms with Crippen LogP contribution >= 0.6 is 11.3 Å². The number of ether oxygens (including phenoxy) is 1. The summed E-state index contributed by atoms with van der Waals surface area (Å²) in [4.78, 5) is 16.7. The van der Waals surface area contributed by atoms with Crippen LogP contribution in [0.4, 0.5) is 5.82 Å². The minimum Gasteiger partial charge on any atom is -0.461 e. The van der Waals surface area contributed by atoms with Gasteiger partial charge in [0.15, 0.2) is 10.7 Å². The zero-order valence-corrected chi connectivity index (χ0v) is 10.5. The van der Waals surface area contributed by atoms with E-state index in [-0.39, 0.29) is 5.69 Å². The van der Waals surface area contributed by atoms with E-state index < -0.39 is 5.97 Å². The second-order valence-electron chi connectivity index (χ2n) is 3.75. The van der Waals surface area contributed by atoms with E-state index in [9.17, 15) is 4.79 Å². The molecule has 0 radical (unpaired) electrons. The first kappa shape index (κ1) is 11.0. The molecule has 0 bridgehead atoms. The smallest absolute Gasteiger partial charge is 0.360 e. The summed E-state index contributed by atoms with van der Waals surface area (Å²) in [6.45, 7) is 2.06. The SMILES string of the molecule is CCOC(=O)c1nc2sc3ccccc3n2c1N. The van der Waals surface area contributed by atoms with Gasteiger partial charge in [0.1, 0.15) is 5.82 Å². The number of carbonyl (C=O) groups is 1. The van der Waals surface area contributed by atoms with Crippen LogP contribution in [0.5, 0.6) is 0 Å². The summed E-state index contributed by atoms with van der Waals surface area (Å²) >= 11 is 1.50. The molecule has 2 N–H and O–H groups in total. The molecular formula is C12H11N3O2S. The van der Waals surface area contributed by atoms with Gasteiger partial charge in [-0.3, -0.25) is 4.40 Å². The van der Waals surface area contributed by atoms with Gasteiger partial charge in [0.05, 0.1) is 16.8 Å². The Kier molecular flexibility index (Phi) is 2.45. The highest BCUT2D eigenvalue weighted by atomic mass is 32.1. The van der Waals surface area contributed by atoms with Gasteiger partial charge in [0.2, 0.25) is 0 Å². The summed E-state index contributed by atoms with van der Waals surface area (Å²) in [5.74, 6) is -0.143. The average Bonchev–Trinajstić information content (AvgIpc) is 2.87. The van der Waals surface area contributed by atoms with Crippen molar-refractivity contribution in [1.29, 1.82) is 0 Å². The third-order valence-corrected chi connectivity index (χ3v) is 3.68. The van der Waals surface area contributed by atoms with E-state index in [2.05, 4.69) is 4.98 Å². The molecule has 5 nitrogen and oxygen atoms in total. The van der Waals surface area contributed by atoms with Crippen LogP contribution in [0.1, 0.15) is 17.4 Å². The van der Waals surface area contributed by atoms with Gasteiger partial charge in [-0.1, -0.05) is 23.5 Å². The van der Waals surface area contributed by atoms with E-state index in [1.54, 1.807) is 11.3 Å². The van der Waals surface area contributed by atoms with Crippen molar-refractivity contribution in [3.63, 3.8) is 0 Å². The molecule has 3 aromatic rings. The highest BCUT2D eigenvalue weighted by Crippen LogP contribution is 2.29. The molecule has 0 atom stereocenters. The molecule has 0 amide bonds. The zero-order valence-electron chi connectivity index (χ0n) is 9.71. The molecule has 6 heteroatoms. The van der Waals surface area contributed by atoms with E-state index in [0.717, 1.165) is 10.2 Å². The normalized spacial score (nSPS) is 11.2. The second-order valence-corrected chi connectivity index (χ2v) is 4.76. The topological polar surface area (TPSA) is 69.6 Å². The van der Waals surface area contributed by atoms with Crippen LogP contribution < -0.4 is 5.73 Å². The van der Waals surface area contributed by atoms with Crippen LogP contribution in [-0.2, 0) is 4.74 Å². The van der Waals surface area contributed by atoms with Crippen molar-refractivity contribution in [2.24, 2.45) is 0 Å². The quantitative estimate of drug-likeness (QED) is 0.719. The third-order valence-electron chi connectivity index (χ3n) is 2.66. The maximum absolute atomic E-state index is 11.7. The minimum atomic E-state index is -0.477. The van der Waals surface area contributed by atoms with Gasteiger partial charge in [-0.25, -0.2) is 9.78 Å². The molecule has 0 aliphatic heterocycles. The number of esters is 1. The number of aromatic nitrogens is 2. The van der Waals surface area contributed by atoms with Crippen molar-refractivity contribution >= 4 is 38.3 Å². The predicted molar refractivity (Wildman–Crippen MR) is 70.9 cm³/mol. The number of thiazole rings is 1. The van der Waals surface area contributed by atoms with Crippen LogP contribution in [0.15, 0.2) is 24.3 Å². The molecule has 1 aromatic carbocycles. The minimum absolute atomic E-state index is 0.189. The number of hydrogen-bond acceptors (Lipinski definition) is 5. The van der Waals surface area contributed by atoms with Crippen LogP contribution in [0.3, 0.4) is 0 Å². The predicted octanol–water partition coefficient (Wildman–Crippen LogP) is 2.31. The van der Waals surface area contributed by atoms with E-state index >= 15 is 0 Å². The Morgan fingerprint density at radius 1 is 1.50 bits per heavy atom. The van der Waals surface area contributed by atoms with Crippen LogP contribution in [0, 0.1) is 0 Å². The number of para-hydroxylation sites is 1. The average molecular weight is 261 g/mol. The van der Waals surface area contributed by atoms with Gasteiger partial charge in [-0.2, -0.15) is 0 Å². The van der Waals surface area contributed by atoms with Crippen molar-refractivity contribution in [2.45, 2.75) is 6.92 Å². The lowest BCUT2D eigenvalue weighted by molar-refractivity contribution is 0.0521. The maximum atomic E-state index is 11.7. The fourth-order valence-corrected chi connectivity index (χ4v) is 2.92. The number of nitrogen functional groups attached to an aromatic ring is 1. The molecule has 0 unspecified atom stereocenters. The highest BCUT2D eigenvalue weighted by molar-refractivity contribution is 7.23. The molecule has 0 saturated carbocycles. The van der Waals surface area contributed by atoms with E-state index in [4.69, 9.17) is 10.5 Å². The first-order chi connectivity index (χ1) is 8.72. The standard InChI is InChI=1S/C12H11N3O2S/c1-2-17-11(16)9-10(13)15-7-5-3-4-6-8(7)18-12(15)14-9/h3-6H,2,13H2,1H3. The number of nitrogens with zero attached hydrogens (tertiary/aromatic N) is 2. The summed E-state index contributed by atoms with van der Waals surface area (Å²) in [6.07, 6.45) is 0. The Bertz CT molecular complexity index is 744. The molecule has 0 spiro atoms. The number of hydrogen-bond donors (Lipinski definition) is 1. The van der Waals surface area contributed by atoms with Gasteiger partial charge in [-0.05, 0) is 19.1 Å². The highest BCUT2D eigenvalue weighted by Gasteiger charge is 2.20. The van der Waals surface area contributed by atoms with Gasteiger partial charge in [0, 0.05) is 0 Å². The first-order valence-corrected chi connectivity index (χ1v) is 6.36. The molecule has 0 aliphatic rings. The van der Waals surface area contributed by atoms with Crippen molar-refractivity contribution in [3.8, 4) is 0 Å². The molecule has 2 aromatic heterocycles. The van der Waals surface area contributed by atoms with E-state index in [1.807, 2.05) is 24.3 Å². The molecule has 0 saturated heterocycles. The number of anilines is 1. The Morgan fingerprint density at radius 2 is 2.28 bits per heavy atom. The van der Waals surface area contributed by atoms with Gasteiger partial charge < -0.3 is 10.5 Å².